The van der Waals surface area contributed by atoms with E-state index in [0.29, 0.717) is 19.3 Å². The van der Waals surface area contributed by atoms with E-state index < -0.39 is 76.7 Å². The Morgan fingerprint density at radius 3 is 2.42 bits per heavy atom. The molecule has 0 aromatic rings. The summed E-state index contributed by atoms with van der Waals surface area (Å²) < 4.78 is 24.5. The first-order valence-corrected chi connectivity index (χ1v) is 21.9. The van der Waals surface area contributed by atoms with Crippen LogP contribution in [0, 0.1) is 40.4 Å². The maximum Gasteiger partial charge on any atom is 0.246 e. The lowest BCUT2D eigenvalue weighted by Gasteiger charge is -2.59. The predicted octanol–water partition coefficient (Wildman–Crippen LogP) is 2.68. The van der Waals surface area contributed by atoms with Crippen molar-refractivity contribution in [2.45, 2.75) is 160 Å². The van der Waals surface area contributed by atoms with E-state index >= 15 is 0 Å². The minimum absolute atomic E-state index is 0.0146. The topological polar surface area (TPSA) is 208 Å². The molecule has 2 unspecified atom stereocenters. The molecule has 15 heteroatoms. The molecule has 330 valence electrons. The van der Waals surface area contributed by atoms with Crippen LogP contribution in [0.15, 0.2) is 23.8 Å². The van der Waals surface area contributed by atoms with Crippen molar-refractivity contribution >= 4 is 35.2 Å². The highest BCUT2D eigenvalue weighted by atomic mass is 16.7. The van der Waals surface area contributed by atoms with Crippen LogP contribution in [-0.2, 0) is 47.7 Å². The number of aliphatic hydroxyl groups is 1. The Bertz CT molecular complexity index is 1800. The smallest absolute Gasteiger partial charge is 0.246 e. The Labute approximate surface area is 353 Å². The highest BCUT2D eigenvalue weighted by molar-refractivity contribution is 6.01. The van der Waals surface area contributed by atoms with Crippen LogP contribution in [0.2, 0.25) is 0 Å². The molecule has 0 spiro atoms. The monoisotopic (exact) mass is 836 g/mol. The fourth-order valence-corrected chi connectivity index (χ4v) is 11.0. The molecule has 0 aromatic heterocycles. The van der Waals surface area contributed by atoms with Gasteiger partial charge in [0.25, 0.3) is 0 Å². The standard InChI is InChI=1S/C45H64N4O11/c1-7-13-38-59-36-21-33-32-17-16-29-20-30(50)18-19-43(29,5)39(32)34(51)22-44(33,6)45(36,60-38)35(52)23-57-25-46-40(54)26(2)48-42(56)28(4)49-41(55)27(3)47-37(53)24-58-31-14-11-9-8-10-12-15-31/h18-20,26-28,31-34,36,38-39,51H,7-11,13-14,16-17,21-25H2,1-6H3,(H,46,54)(H,47,53)(H,48,56)(H,49,55)/t26-,27-,28-,31?,32-,33-,34-,36+,38?,39+,43-,44-,45+/m0/s1. The molecule has 5 aliphatic carbocycles. The van der Waals surface area contributed by atoms with Gasteiger partial charge < -0.3 is 45.3 Å². The van der Waals surface area contributed by atoms with Gasteiger partial charge in [-0.15, -0.1) is 5.92 Å². The van der Waals surface area contributed by atoms with Gasteiger partial charge in [-0.05, 0) is 96.1 Å². The lowest BCUT2D eigenvalue weighted by molar-refractivity contribution is -0.201. The number of Topliss-reactive ketones (excluding diaryl/α,β-unsaturated/α-hetero) is 1. The first-order chi connectivity index (χ1) is 28.5. The summed E-state index contributed by atoms with van der Waals surface area (Å²) >= 11 is 0. The lowest BCUT2D eigenvalue weighted by Crippen LogP contribution is -2.63. The molecule has 1 aliphatic heterocycles. The summed E-state index contributed by atoms with van der Waals surface area (Å²) in [6.07, 6.45) is 11.6. The van der Waals surface area contributed by atoms with Crippen molar-refractivity contribution in [3.63, 3.8) is 0 Å². The number of aliphatic hydroxyl groups excluding tert-OH is 1. The number of rotatable bonds is 16. The van der Waals surface area contributed by atoms with Gasteiger partial charge in [-0.3, -0.25) is 28.8 Å². The highest BCUT2D eigenvalue weighted by Gasteiger charge is 2.75. The van der Waals surface area contributed by atoms with Gasteiger partial charge in [-0.25, -0.2) is 0 Å². The molecule has 1 heterocycles. The number of carbonyl (C=O) groups excluding carboxylic acids is 6. The van der Waals surface area contributed by atoms with E-state index in [9.17, 15) is 33.9 Å². The molecule has 1 saturated heterocycles. The molecule has 13 atom stereocenters. The first-order valence-electron chi connectivity index (χ1n) is 21.9. The molecule has 60 heavy (non-hydrogen) atoms. The normalized spacial score (nSPS) is 35.5. The van der Waals surface area contributed by atoms with E-state index in [4.69, 9.17) is 18.9 Å². The molecular weight excluding hydrogens is 773 g/mol. The zero-order valence-corrected chi connectivity index (χ0v) is 35.9. The minimum Gasteiger partial charge on any atom is -0.393 e. The van der Waals surface area contributed by atoms with Gasteiger partial charge in [0.05, 0.1) is 12.2 Å². The second-order valence-electron chi connectivity index (χ2n) is 18.1. The van der Waals surface area contributed by atoms with Gasteiger partial charge in [-0.1, -0.05) is 51.2 Å². The van der Waals surface area contributed by atoms with Crippen LogP contribution in [0.5, 0.6) is 0 Å². The van der Waals surface area contributed by atoms with Gasteiger partial charge in [0.2, 0.25) is 23.6 Å². The van der Waals surface area contributed by atoms with Crippen LogP contribution in [0.4, 0.5) is 0 Å². The first kappa shape index (κ1) is 45.6. The Morgan fingerprint density at radius 2 is 1.68 bits per heavy atom. The number of hydrogen-bond acceptors (Lipinski definition) is 11. The fraction of sp³-hybridized carbons (Fsp3) is 0.733. The number of amides is 4. The second kappa shape index (κ2) is 19.0. The number of allylic oxidation sites excluding steroid dienone is 4. The number of ether oxygens (including phenoxy) is 4. The summed E-state index contributed by atoms with van der Waals surface area (Å²) in [5.74, 6) is 3.45. The van der Waals surface area contributed by atoms with Gasteiger partial charge in [0, 0.05) is 23.2 Å². The third kappa shape index (κ3) is 9.14. The molecule has 6 rings (SSSR count). The Kier molecular flexibility index (Phi) is 14.4. The molecular formula is C45H64N4O11. The van der Waals surface area contributed by atoms with Crippen molar-refractivity contribution in [2.24, 2.45) is 28.6 Å². The van der Waals surface area contributed by atoms with Crippen LogP contribution < -0.4 is 21.3 Å². The second-order valence-corrected chi connectivity index (χ2v) is 18.1. The van der Waals surface area contributed by atoms with Crippen molar-refractivity contribution < 1.29 is 52.8 Å². The molecule has 15 nitrogen and oxygen atoms in total. The molecule has 4 amide bonds. The average Bonchev–Trinajstić information content (AvgIpc) is 3.67. The third-order valence-electron chi connectivity index (χ3n) is 14.0. The highest BCUT2D eigenvalue weighted by Crippen LogP contribution is 2.69. The molecule has 0 aromatic carbocycles. The van der Waals surface area contributed by atoms with Crippen molar-refractivity contribution in [1.29, 1.82) is 0 Å². The SMILES string of the molecule is CCCC1O[C@@H]2C[C@H]3[C@@H]4CCC5=CC(=O)C=C[C@]5(C)[C@H]4[C@@H](O)C[C@]3(C)[C@]2(C(=O)COCNC(=O)[C@H](C)NC(=O)[C@H](C)NC(=O)[C@H](C)NC(=O)COC2C#CCCCCC2)O1. The van der Waals surface area contributed by atoms with Crippen molar-refractivity contribution in [2.75, 3.05) is 19.9 Å². The van der Waals surface area contributed by atoms with Crippen LogP contribution in [-0.4, -0.2) is 109 Å². The zero-order valence-electron chi connectivity index (χ0n) is 35.9. The molecule has 3 saturated carbocycles. The van der Waals surface area contributed by atoms with Gasteiger partial charge in [0.15, 0.2) is 23.5 Å². The third-order valence-corrected chi connectivity index (χ3v) is 14.0. The summed E-state index contributed by atoms with van der Waals surface area (Å²) in [6.45, 7) is 9.66. The zero-order chi connectivity index (χ0) is 43.4. The minimum atomic E-state index is -1.36. The molecule has 4 fully saturated rings. The maximum absolute atomic E-state index is 14.5. The van der Waals surface area contributed by atoms with E-state index in [2.05, 4.69) is 40.0 Å². The van der Waals surface area contributed by atoms with E-state index in [0.717, 1.165) is 56.9 Å². The van der Waals surface area contributed by atoms with Gasteiger partial charge in [-0.2, -0.15) is 0 Å². The predicted molar refractivity (Wildman–Crippen MR) is 218 cm³/mol. The summed E-state index contributed by atoms with van der Waals surface area (Å²) in [5.41, 5.74) is -1.53. The number of fused-ring (bicyclic) bond motifs is 7. The van der Waals surface area contributed by atoms with Crippen LogP contribution >= 0.6 is 0 Å². The molecule has 6 aliphatic rings. The summed E-state index contributed by atoms with van der Waals surface area (Å²) in [6, 6.07) is -2.99. The molecule has 0 radical (unpaired) electrons. The maximum atomic E-state index is 14.5. The molecule has 0 bridgehead atoms. The van der Waals surface area contributed by atoms with E-state index in [1.807, 2.05) is 19.9 Å². The van der Waals surface area contributed by atoms with E-state index in [-0.39, 0.29) is 55.4 Å². The van der Waals surface area contributed by atoms with Crippen molar-refractivity contribution in [1.82, 2.24) is 21.3 Å². The summed E-state index contributed by atoms with van der Waals surface area (Å²) in [5, 5.41) is 22.2. The average molecular weight is 837 g/mol. The van der Waals surface area contributed by atoms with E-state index in [1.54, 1.807) is 12.2 Å². The number of nitrogens with one attached hydrogen (secondary N) is 4. The largest absolute Gasteiger partial charge is 0.393 e. The Morgan fingerprint density at radius 1 is 0.967 bits per heavy atom. The quantitative estimate of drug-likeness (QED) is 0.0868. The lowest BCUT2D eigenvalue weighted by atomic mass is 9.46. The van der Waals surface area contributed by atoms with Crippen molar-refractivity contribution in [3.05, 3.63) is 23.8 Å². The van der Waals surface area contributed by atoms with Gasteiger partial charge in [0.1, 0.15) is 44.2 Å². The number of hydrogen-bond donors (Lipinski definition) is 5. The Hall–Kier alpha value is -3.94. The number of ketones is 2. The summed E-state index contributed by atoms with van der Waals surface area (Å²) in [7, 11) is 0. The van der Waals surface area contributed by atoms with Crippen LogP contribution in [0.25, 0.3) is 0 Å². The Balaban J connectivity index is 0.980. The van der Waals surface area contributed by atoms with E-state index in [1.165, 1.54) is 20.8 Å². The van der Waals surface area contributed by atoms with Crippen molar-refractivity contribution in [3.8, 4) is 11.8 Å². The van der Waals surface area contributed by atoms with Crippen LogP contribution in [0.1, 0.15) is 112 Å². The molecule has 5 N–H and O–H groups in total. The summed E-state index contributed by atoms with van der Waals surface area (Å²) in [4.78, 5) is 77.8. The van der Waals surface area contributed by atoms with Gasteiger partial charge >= 0.3 is 0 Å². The number of carbonyl (C=O) groups is 6. The fourth-order valence-electron chi connectivity index (χ4n) is 11.0. The van der Waals surface area contributed by atoms with Crippen LogP contribution in [0.3, 0.4) is 0 Å².